The van der Waals surface area contributed by atoms with Gasteiger partial charge in [0.2, 0.25) is 0 Å². The summed E-state index contributed by atoms with van der Waals surface area (Å²) in [6, 6.07) is 4.75. The van der Waals surface area contributed by atoms with Crippen LogP contribution in [-0.2, 0) is 4.79 Å². The molecule has 0 aliphatic carbocycles. The maximum absolute atomic E-state index is 13.7. The molecule has 1 N–H and O–H groups in total. The summed E-state index contributed by atoms with van der Waals surface area (Å²) >= 11 is 0. The Morgan fingerprint density at radius 1 is 1.14 bits per heavy atom. The molecule has 1 aromatic rings. The molecule has 5 heteroatoms. The van der Waals surface area contributed by atoms with E-state index in [1.54, 1.807) is 29.3 Å². The Morgan fingerprint density at radius 2 is 1.91 bits per heavy atom. The molecule has 0 saturated carbocycles. The number of carboxylic acids is 1. The summed E-state index contributed by atoms with van der Waals surface area (Å²) in [4.78, 5) is 15.2. The molecule has 0 amide bonds. The van der Waals surface area contributed by atoms with Crippen LogP contribution in [0.15, 0.2) is 42.1 Å². The van der Waals surface area contributed by atoms with Gasteiger partial charge in [0.1, 0.15) is 5.82 Å². The second-order valence-electron chi connectivity index (χ2n) is 5.65. The molecule has 0 spiro atoms. The summed E-state index contributed by atoms with van der Waals surface area (Å²) in [5.41, 5.74) is 2.00. The van der Waals surface area contributed by atoms with Crippen LogP contribution in [-0.4, -0.2) is 30.7 Å². The molecule has 1 saturated heterocycles. The van der Waals surface area contributed by atoms with E-state index in [1.807, 2.05) is 0 Å². The minimum Gasteiger partial charge on any atom is -0.478 e. The van der Waals surface area contributed by atoms with Gasteiger partial charge in [-0.05, 0) is 49.6 Å². The Balaban J connectivity index is 1.92. The first-order valence-electron chi connectivity index (χ1n) is 7.57. The number of aliphatic carboxylic acids is 1. The first-order chi connectivity index (χ1) is 10.6. The van der Waals surface area contributed by atoms with E-state index in [0.717, 1.165) is 37.3 Å². The first-order valence-corrected chi connectivity index (χ1v) is 7.57. The van der Waals surface area contributed by atoms with E-state index in [9.17, 15) is 9.18 Å². The fourth-order valence-electron chi connectivity index (χ4n) is 2.99. The molecule has 0 bridgehead atoms. The number of halogens is 1. The number of carbonyl (C=O) groups is 1. The summed E-state index contributed by atoms with van der Waals surface area (Å²) in [7, 11) is 0. The van der Waals surface area contributed by atoms with Gasteiger partial charge in [0.05, 0.1) is 23.5 Å². The SMILES string of the molecule is O=C(O)C1=CC=CN(c2cc(F)ccc2N2CCCCC2)C1. The Kier molecular flexibility index (Phi) is 4.13. The average molecular weight is 302 g/mol. The van der Waals surface area contributed by atoms with Crippen molar-refractivity contribution < 1.29 is 14.3 Å². The number of benzene rings is 1. The van der Waals surface area contributed by atoms with Crippen molar-refractivity contribution >= 4 is 17.3 Å². The third-order valence-electron chi connectivity index (χ3n) is 4.12. The molecule has 1 fully saturated rings. The number of hydrogen-bond acceptors (Lipinski definition) is 3. The van der Waals surface area contributed by atoms with Crippen molar-refractivity contribution in [1.29, 1.82) is 0 Å². The van der Waals surface area contributed by atoms with Crippen molar-refractivity contribution in [2.75, 3.05) is 29.4 Å². The van der Waals surface area contributed by atoms with Crippen molar-refractivity contribution in [1.82, 2.24) is 0 Å². The molecule has 2 aliphatic rings. The van der Waals surface area contributed by atoms with Gasteiger partial charge in [0, 0.05) is 19.3 Å². The molecular weight excluding hydrogens is 283 g/mol. The van der Waals surface area contributed by atoms with Crippen molar-refractivity contribution in [3.05, 3.63) is 47.9 Å². The first kappa shape index (κ1) is 14.6. The standard InChI is InChI=1S/C17H19FN2O2/c18-14-6-7-15(19-8-2-1-3-9-19)16(11-14)20-10-4-5-13(12-20)17(21)22/h4-7,10-11H,1-3,8-9,12H2,(H,21,22). The van der Waals surface area contributed by atoms with Crippen LogP contribution in [0.3, 0.4) is 0 Å². The maximum atomic E-state index is 13.7. The van der Waals surface area contributed by atoms with E-state index < -0.39 is 5.97 Å². The molecule has 116 valence electrons. The summed E-state index contributed by atoms with van der Waals surface area (Å²) in [5.74, 6) is -1.25. The lowest BCUT2D eigenvalue weighted by Crippen LogP contribution is -2.32. The number of piperidine rings is 1. The minimum absolute atomic E-state index is 0.246. The highest BCUT2D eigenvalue weighted by atomic mass is 19.1. The van der Waals surface area contributed by atoms with Crippen molar-refractivity contribution in [3.63, 3.8) is 0 Å². The minimum atomic E-state index is -0.940. The van der Waals surface area contributed by atoms with Gasteiger partial charge < -0.3 is 14.9 Å². The summed E-state index contributed by atoms with van der Waals surface area (Å²) in [5, 5.41) is 9.16. The van der Waals surface area contributed by atoms with E-state index in [2.05, 4.69) is 4.90 Å². The van der Waals surface area contributed by atoms with Gasteiger partial charge >= 0.3 is 5.97 Å². The van der Waals surface area contributed by atoms with Crippen LogP contribution in [0.2, 0.25) is 0 Å². The Bertz CT molecular complexity index is 634. The number of rotatable bonds is 3. The van der Waals surface area contributed by atoms with E-state index in [1.165, 1.54) is 18.6 Å². The van der Waals surface area contributed by atoms with Gasteiger partial charge in [-0.25, -0.2) is 9.18 Å². The van der Waals surface area contributed by atoms with E-state index in [4.69, 9.17) is 5.11 Å². The van der Waals surface area contributed by atoms with Gasteiger partial charge in [0.15, 0.2) is 0 Å². The van der Waals surface area contributed by atoms with Crippen LogP contribution in [0, 0.1) is 5.82 Å². The van der Waals surface area contributed by atoms with Crippen LogP contribution >= 0.6 is 0 Å². The van der Waals surface area contributed by atoms with Crippen LogP contribution < -0.4 is 9.80 Å². The molecule has 2 heterocycles. The maximum Gasteiger partial charge on any atom is 0.333 e. The molecule has 4 nitrogen and oxygen atoms in total. The van der Waals surface area contributed by atoms with Gasteiger partial charge in [-0.15, -0.1) is 0 Å². The lowest BCUT2D eigenvalue weighted by Gasteiger charge is -2.34. The number of nitrogens with zero attached hydrogens (tertiary/aromatic N) is 2. The molecule has 0 aromatic heterocycles. The van der Waals surface area contributed by atoms with Crippen molar-refractivity contribution in [3.8, 4) is 0 Å². The number of anilines is 2. The third-order valence-corrected chi connectivity index (χ3v) is 4.12. The molecule has 0 atom stereocenters. The molecular formula is C17H19FN2O2. The summed E-state index contributed by atoms with van der Waals surface area (Å²) in [6.45, 7) is 2.16. The summed E-state index contributed by atoms with van der Waals surface area (Å²) in [6.07, 6.45) is 8.56. The normalized spacial score (nSPS) is 18.3. The monoisotopic (exact) mass is 302 g/mol. The van der Waals surface area contributed by atoms with Gasteiger partial charge in [0.25, 0.3) is 0 Å². The highest BCUT2D eigenvalue weighted by Gasteiger charge is 2.21. The fraction of sp³-hybridized carbons (Fsp3) is 0.353. The van der Waals surface area contributed by atoms with Crippen LogP contribution in [0.1, 0.15) is 19.3 Å². The largest absolute Gasteiger partial charge is 0.478 e. The highest BCUT2D eigenvalue weighted by Crippen LogP contribution is 2.33. The topological polar surface area (TPSA) is 43.8 Å². The third kappa shape index (κ3) is 2.98. The zero-order valence-electron chi connectivity index (χ0n) is 12.3. The Hall–Kier alpha value is -2.30. The zero-order valence-corrected chi connectivity index (χ0v) is 12.3. The molecule has 3 rings (SSSR count). The smallest absolute Gasteiger partial charge is 0.333 e. The van der Waals surface area contributed by atoms with Gasteiger partial charge in [-0.2, -0.15) is 0 Å². The quantitative estimate of drug-likeness (QED) is 0.931. The van der Waals surface area contributed by atoms with Crippen molar-refractivity contribution in [2.24, 2.45) is 0 Å². The number of carboxylic acid groups (broad SMARTS) is 1. The lowest BCUT2D eigenvalue weighted by atomic mass is 10.1. The summed E-state index contributed by atoms with van der Waals surface area (Å²) < 4.78 is 13.7. The van der Waals surface area contributed by atoms with Gasteiger partial charge in [-0.3, -0.25) is 0 Å². The lowest BCUT2D eigenvalue weighted by molar-refractivity contribution is -0.132. The number of allylic oxidation sites excluding steroid dienone is 2. The molecule has 1 aromatic carbocycles. The molecule has 22 heavy (non-hydrogen) atoms. The van der Waals surface area contributed by atoms with Crippen LogP contribution in [0.5, 0.6) is 0 Å². The van der Waals surface area contributed by atoms with Gasteiger partial charge in [-0.1, -0.05) is 0 Å². The number of hydrogen-bond donors (Lipinski definition) is 1. The zero-order chi connectivity index (χ0) is 15.5. The van der Waals surface area contributed by atoms with Crippen LogP contribution in [0.4, 0.5) is 15.8 Å². The Labute approximate surface area is 129 Å². The fourth-order valence-corrected chi connectivity index (χ4v) is 2.99. The van der Waals surface area contributed by atoms with Crippen LogP contribution in [0.25, 0.3) is 0 Å². The predicted molar refractivity (Wildman–Crippen MR) is 84.7 cm³/mol. The average Bonchev–Trinajstić information content (AvgIpc) is 2.55. The van der Waals surface area contributed by atoms with E-state index in [-0.39, 0.29) is 12.4 Å². The predicted octanol–water partition coefficient (Wildman–Crippen LogP) is 3.16. The van der Waals surface area contributed by atoms with E-state index >= 15 is 0 Å². The second kappa shape index (κ2) is 6.22. The highest BCUT2D eigenvalue weighted by molar-refractivity contribution is 5.89. The van der Waals surface area contributed by atoms with Crippen molar-refractivity contribution in [2.45, 2.75) is 19.3 Å². The molecule has 0 unspecified atom stereocenters. The second-order valence-corrected chi connectivity index (χ2v) is 5.65. The molecule has 0 radical (unpaired) electrons. The molecule has 2 aliphatic heterocycles. The Morgan fingerprint density at radius 3 is 2.64 bits per heavy atom. The van der Waals surface area contributed by atoms with E-state index in [0.29, 0.717) is 5.57 Å².